The summed E-state index contributed by atoms with van der Waals surface area (Å²) in [6, 6.07) is 7.04. The van der Waals surface area contributed by atoms with Crippen LogP contribution in [0.1, 0.15) is 36.1 Å². The summed E-state index contributed by atoms with van der Waals surface area (Å²) < 4.78 is 2.18. The number of aromatic nitrogens is 1. The van der Waals surface area contributed by atoms with Crippen molar-refractivity contribution in [3.63, 3.8) is 0 Å². The van der Waals surface area contributed by atoms with Gasteiger partial charge in [-0.3, -0.25) is 4.79 Å². The van der Waals surface area contributed by atoms with E-state index in [0.717, 1.165) is 28.7 Å². The molecule has 23 heavy (non-hydrogen) atoms. The molecule has 0 radical (unpaired) electrons. The van der Waals surface area contributed by atoms with E-state index >= 15 is 0 Å². The molecule has 0 saturated carbocycles. The van der Waals surface area contributed by atoms with Crippen molar-refractivity contribution in [2.75, 3.05) is 19.6 Å². The largest absolute Gasteiger partial charge is 0.480 e. The zero-order valence-corrected chi connectivity index (χ0v) is 13.4. The number of nitrogens with zero attached hydrogens (tertiary/aromatic N) is 2. The number of benzene rings is 1. The maximum absolute atomic E-state index is 11.6. The molecule has 1 aromatic carbocycles. The molecule has 3 fully saturated rings. The molecule has 5 heteroatoms. The van der Waals surface area contributed by atoms with Crippen molar-refractivity contribution in [3.05, 3.63) is 35.5 Å². The zero-order chi connectivity index (χ0) is 16.1. The highest BCUT2D eigenvalue weighted by molar-refractivity contribution is 5.91. The molecule has 3 aliphatic rings. The van der Waals surface area contributed by atoms with Crippen LogP contribution in [0.15, 0.2) is 24.3 Å². The lowest BCUT2D eigenvalue weighted by Crippen LogP contribution is -2.47. The van der Waals surface area contributed by atoms with Gasteiger partial charge in [0.1, 0.15) is 6.04 Å². The first-order chi connectivity index (χ1) is 11.1. The number of carboxylic acids is 1. The van der Waals surface area contributed by atoms with E-state index in [9.17, 15) is 9.90 Å². The van der Waals surface area contributed by atoms with Gasteiger partial charge >= 0.3 is 5.97 Å². The minimum atomic E-state index is -0.966. The number of fused-ring (bicyclic) bond motifs is 4. The van der Waals surface area contributed by atoms with Crippen molar-refractivity contribution in [1.29, 1.82) is 0 Å². The van der Waals surface area contributed by atoms with Gasteiger partial charge in [0, 0.05) is 41.7 Å². The smallest absolute Gasteiger partial charge is 0.325 e. The van der Waals surface area contributed by atoms with E-state index in [1.165, 1.54) is 25.9 Å². The molecule has 3 aliphatic heterocycles. The number of rotatable bonds is 3. The molecule has 1 aromatic heterocycles. The normalized spacial score (nSPS) is 28.2. The van der Waals surface area contributed by atoms with Gasteiger partial charge in [-0.15, -0.1) is 0 Å². The van der Waals surface area contributed by atoms with Crippen LogP contribution in [-0.4, -0.2) is 40.2 Å². The number of hydrogen-bond donors (Lipinski definition) is 2. The fourth-order valence-corrected chi connectivity index (χ4v) is 4.62. The second-order valence-electron chi connectivity index (χ2n) is 6.94. The van der Waals surface area contributed by atoms with Crippen LogP contribution in [0, 0.1) is 5.92 Å². The summed E-state index contributed by atoms with van der Waals surface area (Å²) in [5.74, 6) is 0.0712. The molecule has 5 rings (SSSR count). The molecule has 0 spiro atoms. The summed E-state index contributed by atoms with van der Waals surface area (Å²) in [5.41, 5.74) is 9.12. The summed E-state index contributed by atoms with van der Waals surface area (Å²) in [6.45, 7) is 3.37. The van der Waals surface area contributed by atoms with Crippen molar-refractivity contribution >= 4 is 16.9 Å². The number of para-hydroxylation sites is 1. The fourth-order valence-electron chi connectivity index (χ4n) is 4.62. The molecular formula is C18H23N3O2. The summed E-state index contributed by atoms with van der Waals surface area (Å²) in [5, 5.41) is 10.5. The Labute approximate surface area is 135 Å². The lowest BCUT2D eigenvalue weighted by molar-refractivity contribution is -0.138. The van der Waals surface area contributed by atoms with Gasteiger partial charge in [-0.05, 0) is 37.9 Å². The minimum Gasteiger partial charge on any atom is -0.480 e. The third-order valence-electron chi connectivity index (χ3n) is 5.78. The Bertz CT molecular complexity index is 759. The van der Waals surface area contributed by atoms with Crippen LogP contribution in [0.3, 0.4) is 0 Å². The molecule has 2 bridgehead atoms. The lowest BCUT2D eigenvalue weighted by atomic mass is 9.76. The lowest BCUT2D eigenvalue weighted by Gasteiger charge is -2.45. The Balaban J connectivity index is 1.92. The first-order valence-electron chi connectivity index (χ1n) is 8.36. The van der Waals surface area contributed by atoms with Crippen LogP contribution >= 0.6 is 0 Å². The highest BCUT2D eigenvalue weighted by Gasteiger charge is 2.39. The van der Waals surface area contributed by atoms with Crippen LogP contribution in [0.2, 0.25) is 0 Å². The third kappa shape index (κ3) is 2.18. The van der Waals surface area contributed by atoms with Crippen LogP contribution in [0.25, 0.3) is 10.9 Å². The molecule has 0 aliphatic carbocycles. The molecule has 2 aromatic rings. The van der Waals surface area contributed by atoms with E-state index in [-0.39, 0.29) is 0 Å². The van der Waals surface area contributed by atoms with E-state index in [1.807, 2.05) is 25.2 Å². The van der Waals surface area contributed by atoms with E-state index in [1.54, 1.807) is 0 Å². The van der Waals surface area contributed by atoms with Gasteiger partial charge in [0.15, 0.2) is 0 Å². The second-order valence-corrected chi connectivity index (χ2v) is 6.94. The summed E-state index contributed by atoms with van der Waals surface area (Å²) in [7, 11) is 2.05. The van der Waals surface area contributed by atoms with Crippen LogP contribution in [0.4, 0.5) is 0 Å². The number of piperidine rings is 3. The molecule has 4 heterocycles. The maximum Gasteiger partial charge on any atom is 0.325 e. The Hall–Kier alpha value is -1.85. The average molecular weight is 313 g/mol. The van der Waals surface area contributed by atoms with Gasteiger partial charge in [-0.2, -0.15) is 0 Å². The summed E-state index contributed by atoms with van der Waals surface area (Å²) in [4.78, 5) is 14.1. The molecular weight excluding hydrogens is 290 g/mol. The van der Waals surface area contributed by atoms with Gasteiger partial charge in [0.2, 0.25) is 0 Å². The molecule has 5 nitrogen and oxygen atoms in total. The first kappa shape index (κ1) is 14.7. The predicted octanol–water partition coefficient (Wildman–Crippen LogP) is 2.07. The number of carbonyl (C=O) groups is 1. The predicted molar refractivity (Wildman–Crippen MR) is 89.4 cm³/mol. The molecule has 2 unspecified atom stereocenters. The van der Waals surface area contributed by atoms with Crippen molar-refractivity contribution < 1.29 is 9.90 Å². The number of aliphatic carboxylic acids is 1. The molecule has 0 amide bonds. The van der Waals surface area contributed by atoms with E-state index < -0.39 is 12.0 Å². The van der Waals surface area contributed by atoms with Gasteiger partial charge in [-0.25, -0.2) is 0 Å². The van der Waals surface area contributed by atoms with E-state index in [2.05, 4.69) is 15.5 Å². The number of hydrogen-bond acceptors (Lipinski definition) is 3. The molecule has 3 saturated heterocycles. The number of carboxylic acid groups (broad SMARTS) is 1. The Morgan fingerprint density at radius 3 is 2.61 bits per heavy atom. The quantitative estimate of drug-likeness (QED) is 0.910. The van der Waals surface area contributed by atoms with Gasteiger partial charge in [0.05, 0.1) is 0 Å². The topological polar surface area (TPSA) is 71.5 Å². The number of nitrogens with two attached hydrogens (primary N) is 1. The van der Waals surface area contributed by atoms with Crippen LogP contribution in [0.5, 0.6) is 0 Å². The van der Waals surface area contributed by atoms with Crippen LogP contribution < -0.4 is 5.73 Å². The molecule has 3 N–H and O–H groups in total. The van der Waals surface area contributed by atoms with Crippen LogP contribution in [-0.2, 0) is 11.8 Å². The molecule has 122 valence electrons. The van der Waals surface area contributed by atoms with Crippen molar-refractivity contribution in [1.82, 2.24) is 9.47 Å². The van der Waals surface area contributed by atoms with Crippen molar-refractivity contribution in [2.45, 2.75) is 24.8 Å². The van der Waals surface area contributed by atoms with E-state index in [4.69, 9.17) is 5.73 Å². The maximum atomic E-state index is 11.6. The average Bonchev–Trinajstić information content (AvgIpc) is 2.88. The summed E-state index contributed by atoms with van der Waals surface area (Å²) >= 11 is 0. The Morgan fingerprint density at radius 1 is 1.30 bits per heavy atom. The monoisotopic (exact) mass is 313 g/mol. The van der Waals surface area contributed by atoms with Gasteiger partial charge in [-0.1, -0.05) is 18.2 Å². The zero-order valence-electron chi connectivity index (χ0n) is 13.4. The highest BCUT2D eigenvalue weighted by Crippen LogP contribution is 2.43. The van der Waals surface area contributed by atoms with Crippen molar-refractivity contribution in [2.24, 2.45) is 18.7 Å². The fraction of sp³-hybridized carbons (Fsp3) is 0.500. The standard InChI is InChI=1S/C18H23N3O2/c1-20-14-5-3-2-4-12(14)15(16(19)18(22)23)17(20)13-10-21-8-6-11(13)7-9-21/h2-5,11,13,16H,6-10,19H2,1H3,(H,22,23). The molecule has 2 atom stereocenters. The Morgan fingerprint density at radius 2 is 2.00 bits per heavy atom. The van der Waals surface area contributed by atoms with Crippen molar-refractivity contribution in [3.8, 4) is 0 Å². The number of aryl methyl sites for hydroxylation is 1. The first-order valence-corrected chi connectivity index (χ1v) is 8.36. The van der Waals surface area contributed by atoms with Gasteiger partial charge < -0.3 is 20.3 Å². The minimum absolute atomic E-state index is 0.385. The summed E-state index contributed by atoms with van der Waals surface area (Å²) in [6.07, 6.45) is 2.40. The van der Waals surface area contributed by atoms with E-state index in [0.29, 0.717) is 11.8 Å². The second kappa shape index (κ2) is 5.35. The van der Waals surface area contributed by atoms with Gasteiger partial charge in [0.25, 0.3) is 0 Å². The SMILES string of the molecule is Cn1c(C2CN3CCC2CC3)c(C(N)C(=O)O)c2ccccc21. The third-order valence-corrected chi connectivity index (χ3v) is 5.78. The highest BCUT2D eigenvalue weighted by atomic mass is 16.4. The Kier molecular flexibility index (Phi) is 3.43.